The van der Waals surface area contributed by atoms with Crippen molar-refractivity contribution in [1.29, 1.82) is 0 Å². The quantitative estimate of drug-likeness (QED) is 0.593. The van der Waals surface area contributed by atoms with Gasteiger partial charge < -0.3 is 5.73 Å². The lowest BCUT2D eigenvalue weighted by Crippen LogP contribution is -2.22. The van der Waals surface area contributed by atoms with Crippen LogP contribution in [0.5, 0.6) is 0 Å². The van der Waals surface area contributed by atoms with Gasteiger partial charge in [0.1, 0.15) is 6.33 Å². The van der Waals surface area contributed by atoms with Crippen LogP contribution in [-0.4, -0.2) is 30.3 Å². The summed E-state index contributed by atoms with van der Waals surface area (Å²) in [6, 6.07) is 12.3. The average molecular weight is 358 g/mol. The second-order valence-corrected chi connectivity index (χ2v) is 6.92. The number of pyridine rings is 1. The van der Waals surface area contributed by atoms with Crippen LogP contribution in [-0.2, 0) is 4.79 Å². The maximum absolute atomic E-state index is 12.1. The number of aromatic nitrogens is 5. The fraction of sp³-hybridized carbons (Fsp3) is 0.200. The van der Waals surface area contributed by atoms with Gasteiger partial charge in [-0.1, -0.05) is 24.3 Å². The lowest BCUT2D eigenvalue weighted by Gasteiger charge is -2.13. The molecular formula is C20H18N6O. The zero-order valence-electron chi connectivity index (χ0n) is 14.6. The fourth-order valence-electron chi connectivity index (χ4n) is 3.42. The van der Waals surface area contributed by atoms with Gasteiger partial charge in [0.25, 0.3) is 0 Å². The van der Waals surface area contributed by atoms with Crippen LogP contribution in [0, 0.1) is 0 Å². The number of amides is 1. The van der Waals surface area contributed by atoms with E-state index in [4.69, 9.17) is 5.73 Å². The van der Waals surface area contributed by atoms with Crippen LogP contribution in [0.2, 0.25) is 0 Å². The molecule has 0 radical (unpaired) electrons. The van der Waals surface area contributed by atoms with Crippen molar-refractivity contribution >= 4 is 11.6 Å². The first-order valence-corrected chi connectivity index (χ1v) is 8.92. The third-order valence-electron chi connectivity index (χ3n) is 5.02. The van der Waals surface area contributed by atoms with Crippen molar-refractivity contribution in [2.24, 2.45) is 5.73 Å². The summed E-state index contributed by atoms with van der Waals surface area (Å²) < 4.78 is 3.66. The number of primary amides is 1. The molecule has 7 heteroatoms. The first kappa shape index (κ1) is 15.7. The number of nitrogens with zero attached hydrogens (tertiary/aromatic N) is 5. The second kappa shape index (κ2) is 6.05. The van der Waals surface area contributed by atoms with E-state index >= 15 is 0 Å². The monoisotopic (exact) mass is 358 g/mol. The minimum absolute atomic E-state index is 0.372. The highest BCUT2D eigenvalue weighted by Gasteiger charge is 2.27. The molecule has 1 saturated carbocycles. The van der Waals surface area contributed by atoms with E-state index in [1.54, 1.807) is 10.7 Å². The van der Waals surface area contributed by atoms with Crippen molar-refractivity contribution in [2.75, 3.05) is 0 Å². The predicted octanol–water partition coefficient (Wildman–Crippen LogP) is 2.54. The van der Waals surface area contributed by atoms with Gasteiger partial charge in [-0.2, -0.15) is 10.2 Å². The highest BCUT2D eigenvalue weighted by atomic mass is 16.1. The zero-order valence-corrected chi connectivity index (χ0v) is 14.6. The highest BCUT2D eigenvalue weighted by molar-refractivity contribution is 5.85. The summed E-state index contributed by atoms with van der Waals surface area (Å²) in [5.41, 5.74) is 10.3. The molecule has 1 aromatic carbocycles. The number of nitrogens with two attached hydrogens (primary N) is 1. The molecule has 4 aromatic rings. The van der Waals surface area contributed by atoms with E-state index in [0.717, 1.165) is 40.7 Å². The van der Waals surface area contributed by atoms with E-state index in [2.05, 4.69) is 15.2 Å². The first-order valence-electron chi connectivity index (χ1n) is 8.92. The summed E-state index contributed by atoms with van der Waals surface area (Å²) in [7, 11) is 0. The van der Waals surface area contributed by atoms with E-state index in [9.17, 15) is 4.79 Å². The van der Waals surface area contributed by atoms with Gasteiger partial charge in [0.2, 0.25) is 5.91 Å². The third kappa shape index (κ3) is 2.87. The average Bonchev–Trinajstić information content (AvgIpc) is 3.23. The van der Waals surface area contributed by atoms with Gasteiger partial charge in [-0.3, -0.25) is 9.48 Å². The van der Waals surface area contributed by atoms with Gasteiger partial charge in [0.15, 0.2) is 5.65 Å². The number of fused-ring (bicyclic) bond motifs is 1. The maximum Gasteiger partial charge on any atom is 0.229 e. The Morgan fingerprint density at radius 3 is 2.63 bits per heavy atom. The molecule has 3 aromatic heterocycles. The minimum Gasteiger partial charge on any atom is -0.369 e. The first-order chi connectivity index (χ1) is 13.2. The number of carbonyl (C=O) groups is 1. The molecule has 2 N–H and O–H groups in total. The third-order valence-corrected chi connectivity index (χ3v) is 5.02. The summed E-state index contributed by atoms with van der Waals surface area (Å²) in [6.07, 6.45) is 9.40. The number of hydrogen-bond donors (Lipinski definition) is 1. The molecule has 1 fully saturated rings. The summed E-state index contributed by atoms with van der Waals surface area (Å²) >= 11 is 0. The summed E-state index contributed by atoms with van der Waals surface area (Å²) in [5, 5.41) is 8.50. The number of benzene rings is 1. The van der Waals surface area contributed by atoms with Gasteiger partial charge in [0, 0.05) is 18.0 Å². The number of carbonyl (C=O) groups excluding carboxylic acids is 1. The summed E-state index contributed by atoms with van der Waals surface area (Å²) in [5.74, 6) is -0.867. The Bertz CT molecular complexity index is 1120. The molecule has 0 saturated heterocycles. The van der Waals surface area contributed by atoms with Crippen molar-refractivity contribution < 1.29 is 4.79 Å². The Morgan fingerprint density at radius 1 is 1.07 bits per heavy atom. The molecule has 0 bridgehead atoms. The Morgan fingerprint density at radius 2 is 1.89 bits per heavy atom. The lowest BCUT2D eigenvalue weighted by atomic mass is 9.91. The molecule has 1 aliphatic carbocycles. The summed E-state index contributed by atoms with van der Waals surface area (Å²) in [4.78, 5) is 16.4. The largest absolute Gasteiger partial charge is 0.369 e. The van der Waals surface area contributed by atoms with Gasteiger partial charge in [-0.15, -0.1) is 0 Å². The molecule has 1 atom stereocenters. The van der Waals surface area contributed by atoms with Crippen LogP contribution < -0.4 is 5.73 Å². The standard InChI is InChI=1S/C20H18N6O/c21-20(27)19(16-10-23-26(11-16)17-5-6-17)14-3-1-13(2-4-14)15-7-8-25-18(9-15)22-12-24-25/h1-4,7-12,17,19H,5-6H2,(H2,21,27). The Hall–Kier alpha value is -3.48. The van der Waals surface area contributed by atoms with E-state index < -0.39 is 5.92 Å². The maximum atomic E-state index is 12.1. The molecule has 1 aliphatic rings. The predicted molar refractivity (Wildman–Crippen MR) is 100.0 cm³/mol. The van der Waals surface area contributed by atoms with Crippen molar-refractivity contribution in [1.82, 2.24) is 24.4 Å². The lowest BCUT2D eigenvalue weighted by molar-refractivity contribution is -0.118. The van der Waals surface area contributed by atoms with Crippen LogP contribution in [0.15, 0.2) is 61.3 Å². The van der Waals surface area contributed by atoms with Gasteiger partial charge in [0.05, 0.1) is 18.2 Å². The highest BCUT2D eigenvalue weighted by Crippen LogP contribution is 2.35. The van der Waals surface area contributed by atoms with Crippen molar-refractivity contribution in [3.63, 3.8) is 0 Å². The topological polar surface area (TPSA) is 91.1 Å². The molecule has 5 rings (SSSR count). The Balaban J connectivity index is 1.47. The second-order valence-electron chi connectivity index (χ2n) is 6.92. The van der Waals surface area contributed by atoms with Gasteiger partial charge in [-0.05, 0) is 41.7 Å². The van der Waals surface area contributed by atoms with Crippen LogP contribution in [0.4, 0.5) is 0 Å². The molecule has 1 unspecified atom stereocenters. The fourth-order valence-corrected chi connectivity index (χ4v) is 3.42. The SMILES string of the molecule is NC(=O)C(c1ccc(-c2ccn3ncnc3c2)cc1)c1cnn(C2CC2)c1. The Kier molecular flexibility index (Phi) is 3.53. The summed E-state index contributed by atoms with van der Waals surface area (Å²) in [6.45, 7) is 0. The molecular weight excluding hydrogens is 340 g/mol. The van der Waals surface area contributed by atoms with Crippen molar-refractivity contribution in [2.45, 2.75) is 24.8 Å². The van der Waals surface area contributed by atoms with Gasteiger partial charge in [-0.25, -0.2) is 9.50 Å². The molecule has 0 spiro atoms. The van der Waals surface area contributed by atoms with E-state index in [-0.39, 0.29) is 5.91 Å². The van der Waals surface area contributed by atoms with Crippen molar-refractivity contribution in [3.05, 3.63) is 72.4 Å². The molecule has 134 valence electrons. The number of rotatable bonds is 5. The molecule has 1 amide bonds. The van der Waals surface area contributed by atoms with E-state index in [1.165, 1.54) is 6.33 Å². The van der Waals surface area contributed by atoms with Crippen molar-refractivity contribution in [3.8, 4) is 11.1 Å². The molecule has 0 aliphatic heterocycles. The van der Waals surface area contributed by atoms with E-state index in [0.29, 0.717) is 6.04 Å². The van der Waals surface area contributed by atoms with Gasteiger partial charge >= 0.3 is 0 Å². The number of hydrogen-bond acceptors (Lipinski definition) is 4. The minimum atomic E-state index is -0.495. The molecule has 3 heterocycles. The zero-order chi connectivity index (χ0) is 18.4. The van der Waals surface area contributed by atoms with Crippen LogP contribution in [0.3, 0.4) is 0 Å². The Labute approximate surface area is 155 Å². The molecule has 27 heavy (non-hydrogen) atoms. The smallest absolute Gasteiger partial charge is 0.229 e. The van der Waals surface area contributed by atoms with E-state index in [1.807, 2.05) is 53.5 Å². The van der Waals surface area contributed by atoms with Crippen LogP contribution >= 0.6 is 0 Å². The molecule has 7 nitrogen and oxygen atoms in total. The normalized spacial score (nSPS) is 15.1. The van der Waals surface area contributed by atoms with Crippen LogP contribution in [0.1, 0.15) is 35.9 Å². The van der Waals surface area contributed by atoms with Crippen LogP contribution in [0.25, 0.3) is 16.8 Å².